The van der Waals surface area contributed by atoms with Gasteiger partial charge in [-0.2, -0.15) is 0 Å². The van der Waals surface area contributed by atoms with Crippen molar-refractivity contribution in [2.45, 2.75) is 0 Å². The average Bonchev–Trinajstić information content (AvgIpc) is 0.722. The van der Waals surface area contributed by atoms with Crippen molar-refractivity contribution >= 4 is 49.6 Å². The van der Waals surface area contributed by atoms with Gasteiger partial charge in [0.1, 0.15) is 0 Å². The van der Waals surface area contributed by atoms with Crippen molar-refractivity contribution in [1.82, 2.24) is 0 Å². The topological polar surface area (TPSA) is 0 Å². The molecule has 0 fully saturated rings. The molecule has 0 bridgehead atoms. The zero-order chi connectivity index (χ0) is 4.50. The summed E-state index contributed by atoms with van der Waals surface area (Å²) in [6.45, 7) is 0. The first kappa shape index (κ1) is 11.0. The van der Waals surface area contributed by atoms with E-state index in [1.54, 1.807) is 0 Å². The first-order valence-electron chi connectivity index (χ1n) is 0.873. The van der Waals surface area contributed by atoms with Crippen LogP contribution in [0.3, 0.4) is 0 Å². The van der Waals surface area contributed by atoms with Crippen LogP contribution in [0, 0.1) is 12.4 Å². The molecule has 0 aliphatic rings. The van der Waals surface area contributed by atoms with Crippen LogP contribution in [0.4, 0.5) is 0 Å². The van der Waals surface area contributed by atoms with Crippen molar-refractivity contribution < 1.29 is 12.4 Å². The van der Waals surface area contributed by atoms with E-state index in [4.69, 9.17) is 38.6 Å². The van der Waals surface area contributed by atoms with Crippen molar-refractivity contribution in [2.24, 2.45) is 0 Å². The second kappa shape index (κ2) is 4.01. The molecule has 0 N–H and O–H groups in total. The van der Waals surface area contributed by atoms with E-state index in [-0.39, 0.29) is 12.4 Å². The van der Waals surface area contributed by atoms with Crippen LogP contribution >= 0.6 is 38.6 Å². The number of rotatable bonds is 0. The summed E-state index contributed by atoms with van der Waals surface area (Å²) >= 11 is -3.24. The number of halogens is 5. The molecule has 0 saturated heterocycles. The second-order valence-electron chi connectivity index (χ2n) is 0.495. The third kappa shape index (κ3) is 36.2. The van der Waals surface area contributed by atoms with E-state index in [0.29, 0.717) is 0 Å². The molecule has 0 aliphatic carbocycles. The Balaban J connectivity index is 0. The zero-order valence-electron chi connectivity index (χ0n) is 2.47. The molecule has 0 saturated carbocycles. The third-order valence-corrected chi connectivity index (χ3v) is 0. The number of hydrogen-bond acceptors (Lipinski definition) is 0. The number of hydrogen-bond donors (Lipinski definition) is 0. The first-order chi connectivity index (χ1) is 2.00. The maximum absolute atomic E-state index is 5.03. The van der Waals surface area contributed by atoms with Crippen LogP contribution in [-0.4, -0.2) is 11.0 Å². The first-order valence-corrected chi connectivity index (χ1v) is 13.6. The molecule has 0 nitrogen and oxygen atoms in total. The monoisotopic (exact) mass is 244 g/mol. The van der Waals surface area contributed by atoms with Gasteiger partial charge in [-0.15, -0.1) is 0 Å². The van der Waals surface area contributed by atoms with Crippen LogP contribution in [0.25, 0.3) is 0 Å². The predicted octanol–water partition coefficient (Wildman–Crippen LogP) is 2.38. The van der Waals surface area contributed by atoms with E-state index in [1.165, 1.54) is 0 Å². The van der Waals surface area contributed by atoms with Crippen molar-refractivity contribution in [3.63, 3.8) is 0 Å². The van der Waals surface area contributed by atoms with Crippen LogP contribution in [-0.2, 0) is 0 Å². The Bertz CT molecular complexity index is 19.4. The van der Waals surface area contributed by atoms with Crippen LogP contribution in [0.5, 0.6) is 0 Å². The zero-order valence-corrected chi connectivity index (χ0v) is 8.67. The molecule has 0 spiro atoms. The molecule has 6 heavy (non-hydrogen) atoms. The van der Waals surface area contributed by atoms with Gasteiger partial charge in [0.25, 0.3) is 0 Å². The molecule has 0 aromatic carbocycles. The molecule has 0 amide bonds. The van der Waals surface area contributed by atoms with E-state index in [2.05, 4.69) is 0 Å². The van der Waals surface area contributed by atoms with Gasteiger partial charge < -0.3 is 0 Å². The standard InChI is InChI=1S/4ClH.Cl.Ga/h4*1H;;/q;;;;+1;+3/p-4. The van der Waals surface area contributed by atoms with Gasteiger partial charge in [-0.1, -0.05) is 0 Å². The van der Waals surface area contributed by atoms with E-state index in [1.807, 2.05) is 0 Å². The maximum atomic E-state index is 5.03. The van der Waals surface area contributed by atoms with Crippen LogP contribution in [0.2, 0.25) is 0 Å². The minimum absolute atomic E-state index is 0. The molecule has 38 valence electrons. The fraction of sp³-hybridized carbons (Fsp3) is 0. The molecule has 6 heteroatoms. The summed E-state index contributed by atoms with van der Waals surface area (Å²) in [4.78, 5) is 0. The van der Waals surface area contributed by atoms with Gasteiger partial charge in [-0.3, -0.25) is 0 Å². The van der Waals surface area contributed by atoms with Crippen LogP contribution in [0.15, 0.2) is 0 Å². The molecular formula is Cl5Ga. The Kier molecular flexibility index (Phi) is 7.33. The van der Waals surface area contributed by atoms with E-state index < -0.39 is 11.0 Å². The molecular weight excluding hydrogens is 247 g/mol. The SMILES string of the molecule is [Cl+].[Cl][Ga-]([Cl])([Cl])[Cl]. The van der Waals surface area contributed by atoms with E-state index in [0.717, 1.165) is 0 Å². The molecule has 0 aromatic rings. The molecule has 0 rings (SSSR count). The van der Waals surface area contributed by atoms with Gasteiger partial charge in [0, 0.05) is 0 Å². The minimum atomic E-state index is -3.24. The summed E-state index contributed by atoms with van der Waals surface area (Å²) in [5.74, 6) is 0. The fourth-order valence-electron chi connectivity index (χ4n) is 0. The van der Waals surface area contributed by atoms with Crippen molar-refractivity contribution in [2.75, 3.05) is 0 Å². The quantitative estimate of drug-likeness (QED) is 0.576. The average molecular weight is 247 g/mol. The fourth-order valence-corrected chi connectivity index (χ4v) is 0. The van der Waals surface area contributed by atoms with Gasteiger partial charge >= 0.3 is 62.0 Å². The summed E-state index contributed by atoms with van der Waals surface area (Å²) in [5.41, 5.74) is 0. The van der Waals surface area contributed by atoms with E-state index >= 15 is 0 Å². The van der Waals surface area contributed by atoms with Gasteiger partial charge in [0.05, 0.1) is 0 Å². The molecule has 2 radical (unpaired) electrons. The molecule has 0 aliphatic heterocycles. The Labute approximate surface area is 61.5 Å². The van der Waals surface area contributed by atoms with Crippen molar-refractivity contribution in [3.05, 3.63) is 0 Å². The summed E-state index contributed by atoms with van der Waals surface area (Å²) in [6, 6.07) is 0. The summed E-state index contributed by atoms with van der Waals surface area (Å²) in [7, 11) is 20.1. The molecule has 0 unspecified atom stereocenters. The Hall–Kier alpha value is 2.09. The summed E-state index contributed by atoms with van der Waals surface area (Å²) in [6.07, 6.45) is 0. The Morgan fingerprint density at radius 1 is 0.833 bits per heavy atom. The van der Waals surface area contributed by atoms with Crippen molar-refractivity contribution in [3.8, 4) is 0 Å². The van der Waals surface area contributed by atoms with Gasteiger partial charge in [-0.25, -0.2) is 0 Å². The Morgan fingerprint density at radius 3 is 0.833 bits per heavy atom. The second-order valence-corrected chi connectivity index (χ2v) is 23.1. The van der Waals surface area contributed by atoms with Gasteiger partial charge in [0.2, 0.25) is 0 Å². The van der Waals surface area contributed by atoms with E-state index in [9.17, 15) is 0 Å². The van der Waals surface area contributed by atoms with Gasteiger partial charge in [0.15, 0.2) is 0 Å². The summed E-state index contributed by atoms with van der Waals surface area (Å²) in [5, 5.41) is 0. The normalized spacial score (nSPS) is 10.0. The van der Waals surface area contributed by atoms with Crippen LogP contribution in [0.1, 0.15) is 0 Å². The third-order valence-electron chi connectivity index (χ3n) is 0. The molecule has 0 atom stereocenters. The molecule has 0 heterocycles. The van der Waals surface area contributed by atoms with Crippen molar-refractivity contribution in [1.29, 1.82) is 0 Å². The Morgan fingerprint density at radius 2 is 0.833 bits per heavy atom. The van der Waals surface area contributed by atoms with Crippen LogP contribution < -0.4 is 0 Å². The predicted molar refractivity (Wildman–Crippen MR) is 29.2 cm³/mol. The van der Waals surface area contributed by atoms with Gasteiger partial charge in [-0.05, 0) is 0 Å². The summed E-state index contributed by atoms with van der Waals surface area (Å²) < 4.78 is 0. The molecule has 0 aromatic heterocycles.